The van der Waals surface area contributed by atoms with Gasteiger partial charge in [0.1, 0.15) is 0 Å². The molecule has 1 unspecified atom stereocenters. The van der Waals surface area contributed by atoms with E-state index in [0.717, 1.165) is 21.9 Å². The summed E-state index contributed by atoms with van der Waals surface area (Å²) in [6, 6.07) is 45.5. The van der Waals surface area contributed by atoms with Gasteiger partial charge in [-0.15, -0.1) is 0 Å². The molecule has 51 heavy (non-hydrogen) atoms. The van der Waals surface area contributed by atoms with E-state index in [1.54, 1.807) is 0 Å². The molecular weight excluding hydrogens is 681 g/mol. The van der Waals surface area contributed by atoms with Gasteiger partial charge in [0, 0.05) is 0 Å². The van der Waals surface area contributed by atoms with Crippen LogP contribution in [0.25, 0.3) is 76.8 Å². The molecule has 0 saturated heterocycles. The number of nitrogens with zero attached hydrogens (tertiary/aromatic N) is 2. The van der Waals surface area contributed by atoms with E-state index in [1.807, 2.05) is 0 Å². The number of furan rings is 1. The number of hydrogen-bond donors (Lipinski definition) is 0. The molecule has 3 aromatic heterocycles. The third-order valence-electron chi connectivity index (χ3n) is 11.9. The predicted molar refractivity (Wildman–Crippen MR) is 213 cm³/mol. The summed E-state index contributed by atoms with van der Waals surface area (Å²) in [6.07, 6.45) is 4.84. The number of benzene rings is 6. The van der Waals surface area contributed by atoms with Crippen molar-refractivity contribution in [2.75, 3.05) is 0 Å². The molecule has 4 heteroatoms. The van der Waals surface area contributed by atoms with E-state index in [9.17, 15) is 0 Å². The Bertz CT molecular complexity index is 2970. The van der Waals surface area contributed by atoms with Crippen molar-refractivity contribution in [3.05, 3.63) is 150 Å². The Morgan fingerprint density at radius 3 is 1.94 bits per heavy atom. The Labute approximate surface area is 299 Å². The fourth-order valence-electron chi connectivity index (χ4n) is 9.40. The molecule has 0 N–H and O–H groups in total. The normalized spacial score (nSPS) is 16.2. The van der Waals surface area contributed by atoms with E-state index in [0.29, 0.717) is 5.92 Å². The molecule has 3 nitrogen and oxygen atoms in total. The summed E-state index contributed by atoms with van der Waals surface area (Å²) in [4.78, 5) is 0. The summed E-state index contributed by atoms with van der Waals surface area (Å²) < 4.78 is 14.0. The van der Waals surface area contributed by atoms with Crippen molar-refractivity contribution in [1.29, 1.82) is 0 Å². The number of aromatic nitrogens is 2. The summed E-state index contributed by atoms with van der Waals surface area (Å²) in [5.41, 5.74) is 10.2. The van der Waals surface area contributed by atoms with Gasteiger partial charge in [0.15, 0.2) is 0 Å². The van der Waals surface area contributed by atoms with Crippen molar-refractivity contribution < 1.29 is 13.6 Å². The van der Waals surface area contributed by atoms with Gasteiger partial charge in [-0.1, -0.05) is 42.5 Å². The monoisotopic (exact) mass is 720 g/mol. The maximum absolute atomic E-state index is 7.37. The molecule has 1 spiro atoms. The minimum atomic E-state index is -2.21. The van der Waals surface area contributed by atoms with Crippen molar-refractivity contribution in [2.45, 2.75) is 42.7 Å². The first-order valence-corrected chi connectivity index (χ1v) is 25.6. The minimum absolute atomic E-state index is 0.394. The Morgan fingerprint density at radius 2 is 1.20 bits per heavy atom. The molecule has 6 aromatic carbocycles. The second kappa shape index (κ2) is 9.95. The van der Waals surface area contributed by atoms with Crippen LogP contribution in [0, 0.1) is 0 Å². The summed E-state index contributed by atoms with van der Waals surface area (Å²) in [5, 5.41) is 9.78. The third kappa shape index (κ3) is 3.65. The van der Waals surface area contributed by atoms with Crippen LogP contribution < -0.4 is 13.5 Å². The average molecular weight is 719 g/mol. The molecule has 0 saturated carbocycles. The molecule has 2 aliphatic rings. The van der Waals surface area contributed by atoms with E-state index in [2.05, 4.69) is 174 Å². The predicted octanol–water partition coefficient (Wildman–Crippen LogP) is 10.5. The fourth-order valence-corrected chi connectivity index (χ4v) is 11.7. The molecule has 0 amide bonds. The Morgan fingerprint density at radius 1 is 0.569 bits per heavy atom. The first kappa shape index (κ1) is 29.5. The average Bonchev–Trinajstić information content (AvgIpc) is 3.77. The summed E-state index contributed by atoms with van der Waals surface area (Å²) in [5.74, 6) is 7.87. The van der Waals surface area contributed by atoms with Gasteiger partial charge in [-0.05, 0) is 5.39 Å². The Kier molecular flexibility index (Phi) is 5.75. The second-order valence-corrected chi connectivity index (χ2v) is 26.6. The van der Waals surface area contributed by atoms with Crippen LogP contribution in [-0.4, -0.2) is 13.3 Å². The van der Waals surface area contributed by atoms with E-state index in [4.69, 9.17) is 4.42 Å². The van der Waals surface area contributed by atoms with Crippen LogP contribution in [-0.2, 0) is 5.66 Å². The van der Waals surface area contributed by atoms with E-state index in [1.165, 1.54) is 75.9 Å². The van der Waals surface area contributed by atoms with Crippen molar-refractivity contribution in [3.8, 4) is 22.5 Å². The van der Waals surface area contributed by atoms with Gasteiger partial charge in [0.2, 0.25) is 0 Å². The number of pyridine rings is 2. The maximum atomic E-state index is 7.37. The molecule has 0 radical (unpaired) electrons. The molecule has 5 heterocycles. The summed E-state index contributed by atoms with van der Waals surface area (Å²) in [6.45, 7) is 4.58. The van der Waals surface area contributed by atoms with Crippen LogP contribution in [0.2, 0.25) is 17.3 Å². The van der Waals surface area contributed by atoms with Crippen LogP contribution in [0.5, 0.6) is 0 Å². The van der Waals surface area contributed by atoms with Crippen molar-refractivity contribution >= 4 is 71.9 Å². The van der Waals surface area contributed by atoms with Crippen LogP contribution in [0.1, 0.15) is 36.5 Å². The zero-order chi connectivity index (χ0) is 34.4. The molecule has 9 aromatic rings. The van der Waals surface area contributed by atoms with Gasteiger partial charge in [0.05, 0.1) is 0 Å². The van der Waals surface area contributed by atoms with Gasteiger partial charge in [-0.25, -0.2) is 0 Å². The first-order valence-electron chi connectivity index (χ1n) is 18.2. The third-order valence-corrected chi connectivity index (χ3v) is 16.1. The van der Waals surface area contributed by atoms with Gasteiger partial charge in [0.25, 0.3) is 0 Å². The SMILES string of the molecule is CC(C)c1cc[n+]2c(c1)-c1c(ccc3c1oc1c3ccc3c4ccccc4c4ccccc4c31)C21c2ccccc2-c2cc[c]([Ge]([CH3])([CH3])[CH3])c[n+]21. The molecule has 0 bridgehead atoms. The molecule has 11 rings (SSSR count). The molecular formula is C47H38GeN2O+2. The van der Waals surface area contributed by atoms with E-state index >= 15 is 0 Å². The second-order valence-electron chi connectivity index (χ2n) is 15.9. The number of rotatable bonds is 2. The van der Waals surface area contributed by atoms with Crippen molar-refractivity contribution in [2.24, 2.45) is 0 Å². The number of fused-ring (bicyclic) bond motifs is 21. The van der Waals surface area contributed by atoms with Crippen LogP contribution >= 0.6 is 0 Å². The summed E-state index contributed by atoms with van der Waals surface area (Å²) in [7, 11) is 0. The van der Waals surface area contributed by atoms with Gasteiger partial charge in [-0.2, -0.15) is 0 Å². The van der Waals surface area contributed by atoms with Crippen LogP contribution in [0.15, 0.2) is 138 Å². The van der Waals surface area contributed by atoms with Crippen molar-refractivity contribution in [1.82, 2.24) is 0 Å². The molecule has 0 fully saturated rings. The topological polar surface area (TPSA) is 20.9 Å². The summed E-state index contributed by atoms with van der Waals surface area (Å²) >= 11 is -2.21. The quantitative estimate of drug-likeness (QED) is 0.0990. The van der Waals surface area contributed by atoms with Gasteiger partial charge < -0.3 is 0 Å². The molecule has 1 atom stereocenters. The van der Waals surface area contributed by atoms with E-state index in [-0.39, 0.29) is 0 Å². The standard InChI is InChI=1S/C47H38GeN2O/c1-28(2)29-24-25-49-42(26-29)44-40(47(49)39-17-11-10-16-38(39)41-23-18-30(27-50(41)47)48(3,4)5)22-21-37-36-20-19-35-33-14-7-6-12-31(33)32-13-8-9-15-34(32)43(35)45(36)51-46(37)44/h6-28H,1-5H3/q+2. The molecule has 2 aliphatic heterocycles. The van der Waals surface area contributed by atoms with Crippen LogP contribution in [0.3, 0.4) is 0 Å². The zero-order valence-electron chi connectivity index (χ0n) is 29.6. The van der Waals surface area contributed by atoms with E-state index < -0.39 is 18.9 Å². The van der Waals surface area contributed by atoms with Gasteiger partial charge >= 0.3 is 253 Å². The number of hydrogen-bond acceptors (Lipinski definition) is 1. The van der Waals surface area contributed by atoms with Crippen LogP contribution in [0.4, 0.5) is 0 Å². The fraction of sp³-hybridized carbons (Fsp3) is 0.149. The Balaban J connectivity index is 1.33. The Hall–Kier alpha value is -5.26. The molecule has 244 valence electrons. The molecule has 0 aliphatic carbocycles. The van der Waals surface area contributed by atoms with Crippen molar-refractivity contribution in [3.63, 3.8) is 0 Å². The van der Waals surface area contributed by atoms with Gasteiger partial charge in [-0.3, -0.25) is 0 Å². The zero-order valence-corrected chi connectivity index (χ0v) is 31.7. The first-order chi connectivity index (χ1) is 24.8.